The van der Waals surface area contributed by atoms with Crippen LogP contribution >= 0.6 is 0 Å². The van der Waals surface area contributed by atoms with E-state index < -0.39 is 0 Å². The summed E-state index contributed by atoms with van der Waals surface area (Å²) in [5.41, 5.74) is 3.39. The van der Waals surface area contributed by atoms with Crippen LogP contribution in [-0.2, 0) is 4.79 Å². The monoisotopic (exact) mass is 339 g/mol. The maximum absolute atomic E-state index is 13.2. The number of likely N-dealkylation sites (tertiary alicyclic amines) is 2. The summed E-state index contributed by atoms with van der Waals surface area (Å²) in [6, 6.07) is 0.654. The van der Waals surface area contributed by atoms with Crippen molar-refractivity contribution in [2.75, 3.05) is 32.7 Å². The predicted molar refractivity (Wildman–Crippen MR) is 96.5 cm³/mol. The Morgan fingerprint density at radius 1 is 1.08 bits per heavy atom. The van der Waals surface area contributed by atoms with Crippen LogP contribution in [0.4, 0.5) is 0 Å². The van der Waals surface area contributed by atoms with E-state index in [2.05, 4.69) is 19.9 Å². The molecule has 3 aliphatic heterocycles. The van der Waals surface area contributed by atoms with Gasteiger partial charge in [-0.3, -0.25) is 9.79 Å². The maximum atomic E-state index is 13.2. The highest BCUT2D eigenvalue weighted by Crippen LogP contribution is 2.25. The molecule has 6 heteroatoms. The van der Waals surface area contributed by atoms with Crippen molar-refractivity contribution in [3.05, 3.63) is 35.4 Å². The molecule has 4 heterocycles. The van der Waals surface area contributed by atoms with Crippen LogP contribution in [0.25, 0.3) is 0 Å². The van der Waals surface area contributed by atoms with Crippen LogP contribution in [0.5, 0.6) is 0 Å². The van der Waals surface area contributed by atoms with Gasteiger partial charge >= 0.3 is 0 Å². The Labute approximate surface area is 148 Å². The summed E-state index contributed by atoms with van der Waals surface area (Å²) < 4.78 is 0. The normalized spacial score (nSPS) is 22.6. The Morgan fingerprint density at radius 2 is 1.76 bits per heavy atom. The highest BCUT2D eigenvalue weighted by atomic mass is 16.2. The fraction of sp³-hybridized carbons (Fsp3) is 0.579. The van der Waals surface area contributed by atoms with E-state index in [1.807, 2.05) is 11.8 Å². The summed E-state index contributed by atoms with van der Waals surface area (Å²) >= 11 is 0. The first-order valence-corrected chi connectivity index (χ1v) is 9.27. The number of aromatic nitrogens is 2. The third-order valence-corrected chi connectivity index (χ3v) is 5.59. The van der Waals surface area contributed by atoms with Crippen molar-refractivity contribution in [2.24, 2.45) is 4.99 Å². The Morgan fingerprint density at radius 3 is 2.44 bits per heavy atom. The molecule has 6 nitrogen and oxygen atoms in total. The highest BCUT2D eigenvalue weighted by Gasteiger charge is 2.32. The van der Waals surface area contributed by atoms with Crippen molar-refractivity contribution in [3.63, 3.8) is 0 Å². The van der Waals surface area contributed by atoms with E-state index in [1.54, 1.807) is 12.4 Å². The van der Waals surface area contributed by atoms with E-state index >= 15 is 0 Å². The molecule has 1 amide bonds. The SMILES string of the molecule is CC1=C(C(=O)N2CCC(N3CCCC3)CC2)C(c2cncnc2)=NC1. The largest absolute Gasteiger partial charge is 0.338 e. The number of hydrogen-bond donors (Lipinski definition) is 0. The molecule has 1 aromatic rings. The van der Waals surface area contributed by atoms with Crippen molar-refractivity contribution in [1.29, 1.82) is 0 Å². The second kappa shape index (κ2) is 7.04. The smallest absolute Gasteiger partial charge is 0.256 e. The first-order valence-electron chi connectivity index (χ1n) is 9.27. The number of piperidine rings is 1. The summed E-state index contributed by atoms with van der Waals surface area (Å²) in [7, 11) is 0. The van der Waals surface area contributed by atoms with Crippen LogP contribution in [0, 0.1) is 0 Å². The Bertz CT molecular complexity index is 698. The first-order chi connectivity index (χ1) is 12.2. The van der Waals surface area contributed by atoms with Gasteiger partial charge in [0, 0.05) is 37.1 Å². The Hall–Kier alpha value is -2.08. The molecule has 2 fully saturated rings. The van der Waals surface area contributed by atoms with Crippen LogP contribution < -0.4 is 0 Å². The lowest BCUT2D eigenvalue weighted by Crippen LogP contribution is -2.46. The fourth-order valence-electron chi connectivity index (χ4n) is 4.20. The molecule has 0 unspecified atom stereocenters. The van der Waals surface area contributed by atoms with Crippen molar-refractivity contribution in [1.82, 2.24) is 19.8 Å². The maximum Gasteiger partial charge on any atom is 0.256 e. The van der Waals surface area contributed by atoms with Crippen molar-refractivity contribution in [3.8, 4) is 0 Å². The molecular weight excluding hydrogens is 314 g/mol. The third-order valence-electron chi connectivity index (χ3n) is 5.59. The molecule has 0 atom stereocenters. The predicted octanol–water partition coefficient (Wildman–Crippen LogP) is 1.68. The first kappa shape index (κ1) is 16.4. The van der Waals surface area contributed by atoms with Crippen LogP contribution in [0.3, 0.4) is 0 Å². The quantitative estimate of drug-likeness (QED) is 0.841. The Balaban J connectivity index is 1.45. The van der Waals surface area contributed by atoms with Crippen LogP contribution in [-0.4, -0.2) is 70.2 Å². The van der Waals surface area contributed by atoms with E-state index in [9.17, 15) is 4.79 Å². The van der Waals surface area contributed by atoms with Gasteiger partial charge in [-0.2, -0.15) is 0 Å². The molecule has 25 heavy (non-hydrogen) atoms. The van der Waals surface area contributed by atoms with Gasteiger partial charge in [0.2, 0.25) is 0 Å². The average Bonchev–Trinajstić information content (AvgIpc) is 3.32. The molecule has 4 rings (SSSR count). The lowest BCUT2D eigenvalue weighted by Gasteiger charge is -2.37. The van der Waals surface area contributed by atoms with Gasteiger partial charge in [-0.05, 0) is 51.3 Å². The number of carbonyl (C=O) groups excluding carboxylic acids is 1. The molecule has 0 N–H and O–H groups in total. The summed E-state index contributed by atoms with van der Waals surface area (Å²) in [5, 5.41) is 0. The number of nitrogens with zero attached hydrogens (tertiary/aromatic N) is 5. The fourth-order valence-corrected chi connectivity index (χ4v) is 4.20. The molecule has 1 aromatic heterocycles. The van der Waals surface area contributed by atoms with E-state index in [0.717, 1.165) is 48.4 Å². The van der Waals surface area contributed by atoms with Crippen molar-refractivity contribution >= 4 is 11.6 Å². The lowest BCUT2D eigenvalue weighted by atomic mass is 9.98. The van der Waals surface area contributed by atoms with Gasteiger partial charge in [-0.25, -0.2) is 9.97 Å². The standard InChI is InChI=1S/C19H25N5O/c1-14-10-22-18(15-11-20-13-21-12-15)17(14)19(25)24-8-4-16(5-9-24)23-6-2-3-7-23/h11-13,16H,2-10H2,1H3. The third kappa shape index (κ3) is 3.23. The zero-order valence-electron chi connectivity index (χ0n) is 14.8. The van der Waals surface area contributed by atoms with Crippen LogP contribution in [0.1, 0.15) is 38.2 Å². The number of rotatable bonds is 3. The minimum Gasteiger partial charge on any atom is -0.338 e. The number of hydrogen-bond acceptors (Lipinski definition) is 5. The van der Waals surface area contributed by atoms with Crippen LogP contribution in [0.2, 0.25) is 0 Å². The van der Waals surface area contributed by atoms with Gasteiger partial charge in [0.1, 0.15) is 6.33 Å². The topological polar surface area (TPSA) is 61.7 Å². The molecule has 132 valence electrons. The van der Waals surface area contributed by atoms with E-state index in [0.29, 0.717) is 12.6 Å². The minimum absolute atomic E-state index is 0.123. The number of carbonyl (C=O) groups is 1. The second-order valence-electron chi connectivity index (χ2n) is 7.21. The van der Waals surface area contributed by atoms with Crippen molar-refractivity contribution < 1.29 is 4.79 Å². The zero-order valence-corrected chi connectivity index (χ0v) is 14.8. The highest BCUT2D eigenvalue weighted by molar-refractivity contribution is 6.29. The molecule has 2 saturated heterocycles. The molecule has 0 bridgehead atoms. The minimum atomic E-state index is 0.123. The molecule has 3 aliphatic rings. The number of aliphatic imine (C=N–C) groups is 1. The van der Waals surface area contributed by atoms with Gasteiger partial charge in [-0.15, -0.1) is 0 Å². The van der Waals surface area contributed by atoms with Crippen molar-refractivity contribution in [2.45, 2.75) is 38.6 Å². The van der Waals surface area contributed by atoms with E-state index in [1.165, 1.54) is 32.3 Å². The van der Waals surface area contributed by atoms with Gasteiger partial charge in [-0.1, -0.05) is 0 Å². The molecule has 0 radical (unpaired) electrons. The summed E-state index contributed by atoms with van der Waals surface area (Å²) in [5.74, 6) is 0.123. The lowest BCUT2D eigenvalue weighted by molar-refractivity contribution is -0.128. The average molecular weight is 339 g/mol. The molecule has 0 saturated carbocycles. The van der Waals surface area contributed by atoms with Crippen LogP contribution in [0.15, 0.2) is 34.9 Å². The zero-order chi connectivity index (χ0) is 17.2. The molecule has 0 aromatic carbocycles. The second-order valence-corrected chi connectivity index (χ2v) is 7.21. The summed E-state index contributed by atoms with van der Waals surface area (Å²) in [4.78, 5) is 30.5. The van der Waals surface area contributed by atoms with Gasteiger partial charge in [0.15, 0.2) is 0 Å². The van der Waals surface area contributed by atoms with E-state index in [4.69, 9.17) is 0 Å². The summed E-state index contributed by atoms with van der Waals surface area (Å²) in [6.07, 6.45) is 9.78. The van der Waals surface area contributed by atoms with Gasteiger partial charge in [0.05, 0.1) is 17.8 Å². The van der Waals surface area contributed by atoms with Gasteiger partial charge in [0.25, 0.3) is 5.91 Å². The summed E-state index contributed by atoms with van der Waals surface area (Å²) in [6.45, 7) is 6.74. The number of amides is 1. The van der Waals surface area contributed by atoms with E-state index in [-0.39, 0.29) is 5.91 Å². The molecule has 0 aliphatic carbocycles. The molecule has 0 spiro atoms. The molecular formula is C19H25N5O. The Kier molecular flexibility index (Phi) is 4.61. The van der Waals surface area contributed by atoms with Gasteiger partial charge < -0.3 is 9.80 Å².